The Morgan fingerprint density at radius 1 is 1.12 bits per heavy atom. The summed E-state index contributed by atoms with van der Waals surface area (Å²) in [4.78, 5) is 0. The number of aliphatic hydroxyl groups is 1. The van der Waals surface area contributed by atoms with Crippen molar-refractivity contribution in [2.75, 3.05) is 18.5 Å². The molecular weight excluding hydrogens is 298 g/mol. The molecule has 0 aliphatic carbocycles. The van der Waals surface area contributed by atoms with Crippen molar-refractivity contribution >= 4 is 5.69 Å². The van der Waals surface area contributed by atoms with Gasteiger partial charge in [0.15, 0.2) is 0 Å². The van der Waals surface area contributed by atoms with Crippen LogP contribution in [0.3, 0.4) is 0 Å². The normalized spacial score (nSPS) is 23.5. The van der Waals surface area contributed by atoms with Gasteiger partial charge in [-0.05, 0) is 25.3 Å². The molecule has 136 valence electrons. The number of aliphatic hydroxyl groups excluding tert-OH is 1. The third kappa shape index (κ3) is 4.73. The SMILES string of the molecule is CCCCC1COC(CCC)(CCC)CNc2ccccc2C1O. The first-order valence-corrected chi connectivity index (χ1v) is 9.80. The topological polar surface area (TPSA) is 41.5 Å². The molecule has 0 saturated heterocycles. The number of unbranched alkanes of at least 4 members (excludes halogenated alkanes) is 1. The molecular formula is C21H35NO2. The van der Waals surface area contributed by atoms with E-state index >= 15 is 0 Å². The Balaban J connectivity index is 2.31. The van der Waals surface area contributed by atoms with Crippen molar-refractivity contribution in [1.82, 2.24) is 0 Å². The van der Waals surface area contributed by atoms with Crippen LogP contribution in [0.4, 0.5) is 5.69 Å². The summed E-state index contributed by atoms with van der Waals surface area (Å²) >= 11 is 0. The zero-order valence-electron chi connectivity index (χ0n) is 15.7. The van der Waals surface area contributed by atoms with Gasteiger partial charge in [-0.3, -0.25) is 0 Å². The predicted molar refractivity (Wildman–Crippen MR) is 101 cm³/mol. The van der Waals surface area contributed by atoms with Crippen LogP contribution in [0, 0.1) is 5.92 Å². The van der Waals surface area contributed by atoms with E-state index in [-0.39, 0.29) is 11.5 Å². The number of fused-ring (bicyclic) bond motifs is 1. The molecule has 0 radical (unpaired) electrons. The first-order valence-electron chi connectivity index (χ1n) is 9.80. The van der Waals surface area contributed by atoms with E-state index in [2.05, 4.69) is 38.2 Å². The van der Waals surface area contributed by atoms with Crippen LogP contribution >= 0.6 is 0 Å². The zero-order chi connectivity index (χ0) is 17.4. The molecule has 0 fully saturated rings. The number of hydrogen-bond donors (Lipinski definition) is 2. The van der Waals surface area contributed by atoms with Crippen molar-refractivity contribution in [1.29, 1.82) is 0 Å². The van der Waals surface area contributed by atoms with Gasteiger partial charge < -0.3 is 15.2 Å². The van der Waals surface area contributed by atoms with Gasteiger partial charge in [0.2, 0.25) is 0 Å². The van der Waals surface area contributed by atoms with Crippen molar-refractivity contribution in [3.63, 3.8) is 0 Å². The van der Waals surface area contributed by atoms with Gasteiger partial charge in [0.1, 0.15) is 0 Å². The third-order valence-corrected chi connectivity index (χ3v) is 5.27. The second-order valence-electron chi connectivity index (χ2n) is 7.28. The maximum Gasteiger partial charge on any atom is 0.0860 e. The molecule has 0 aromatic heterocycles. The third-order valence-electron chi connectivity index (χ3n) is 5.27. The Bertz CT molecular complexity index is 482. The molecule has 2 unspecified atom stereocenters. The summed E-state index contributed by atoms with van der Waals surface area (Å²) in [5, 5.41) is 14.6. The van der Waals surface area contributed by atoms with Crippen LogP contribution in [-0.4, -0.2) is 23.9 Å². The molecule has 2 rings (SSSR count). The summed E-state index contributed by atoms with van der Waals surface area (Å²) in [6, 6.07) is 8.20. The van der Waals surface area contributed by atoms with E-state index in [1.807, 2.05) is 12.1 Å². The van der Waals surface area contributed by atoms with E-state index < -0.39 is 6.10 Å². The van der Waals surface area contributed by atoms with Crippen LogP contribution in [0.1, 0.15) is 77.4 Å². The highest BCUT2D eigenvalue weighted by Crippen LogP contribution is 2.36. The van der Waals surface area contributed by atoms with Gasteiger partial charge in [-0.15, -0.1) is 0 Å². The lowest BCUT2D eigenvalue weighted by Crippen LogP contribution is -2.41. The first kappa shape index (κ1) is 19.3. The van der Waals surface area contributed by atoms with Crippen molar-refractivity contribution in [3.8, 4) is 0 Å². The van der Waals surface area contributed by atoms with Crippen LogP contribution in [0.5, 0.6) is 0 Å². The molecule has 1 aromatic carbocycles. The summed E-state index contributed by atoms with van der Waals surface area (Å²) < 4.78 is 6.52. The van der Waals surface area contributed by atoms with Crippen molar-refractivity contribution in [2.24, 2.45) is 5.92 Å². The molecule has 2 N–H and O–H groups in total. The number of benzene rings is 1. The fourth-order valence-corrected chi connectivity index (χ4v) is 3.92. The van der Waals surface area contributed by atoms with E-state index in [1.165, 1.54) is 0 Å². The summed E-state index contributed by atoms with van der Waals surface area (Å²) in [5.74, 6) is 0.166. The highest BCUT2D eigenvalue weighted by Gasteiger charge is 2.34. The Kier molecular flexibility index (Phi) is 7.57. The maximum absolute atomic E-state index is 11.0. The summed E-state index contributed by atoms with van der Waals surface area (Å²) in [5.41, 5.74) is 1.96. The minimum atomic E-state index is -0.459. The van der Waals surface area contributed by atoms with Gasteiger partial charge in [0, 0.05) is 23.7 Å². The second-order valence-corrected chi connectivity index (χ2v) is 7.28. The first-order chi connectivity index (χ1) is 11.7. The average Bonchev–Trinajstić information content (AvgIpc) is 2.64. The molecule has 2 atom stereocenters. The molecule has 3 nitrogen and oxygen atoms in total. The zero-order valence-corrected chi connectivity index (χ0v) is 15.7. The second kappa shape index (κ2) is 9.43. The molecule has 3 heteroatoms. The van der Waals surface area contributed by atoms with E-state index in [4.69, 9.17) is 4.74 Å². The van der Waals surface area contributed by atoms with E-state index in [1.54, 1.807) is 0 Å². The number of para-hydroxylation sites is 1. The molecule has 1 heterocycles. The maximum atomic E-state index is 11.0. The molecule has 0 bridgehead atoms. The Labute approximate surface area is 147 Å². The molecule has 0 spiro atoms. The molecule has 0 amide bonds. The minimum Gasteiger partial charge on any atom is -0.388 e. The summed E-state index contributed by atoms with van der Waals surface area (Å²) in [6.45, 7) is 8.13. The van der Waals surface area contributed by atoms with Crippen LogP contribution in [0.2, 0.25) is 0 Å². The largest absolute Gasteiger partial charge is 0.388 e. The van der Waals surface area contributed by atoms with Crippen molar-refractivity contribution in [2.45, 2.75) is 77.4 Å². The molecule has 0 saturated carbocycles. The lowest BCUT2D eigenvalue weighted by atomic mass is 9.90. The van der Waals surface area contributed by atoms with Crippen LogP contribution in [0.25, 0.3) is 0 Å². The van der Waals surface area contributed by atoms with Gasteiger partial charge >= 0.3 is 0 Å². The highest BCUT2D eigenvalue weighted by atomic mass is 16.5. The van der Waals surface area contributed by atoms with Crippen LogP contribution in [0.15, 0.2) is 24.3 Å². The summed E-state index contributed by atoms with van der Waals surface area (Å²) in [6.07, 6.45) is 7.20. The molecule has 1 aliphatic rings. The fraction of sp³-hybridized carbons (Fsp3) is 0.714. The monoisotopic (exact) mass is 333 g/mol. The Hall–Kier alpha value is -1.06. The van der Waals surface area contributed by atoms with Gasteiger partial charge in [-0.25, -0.2) is 0 Å². The van der Waals surface area contributed by atoms with Crippen LogP contribution < -0.4 is 5.32 Å². The van der Waals surface area contributed by atoms with Gasteiger partial charge in [0.25, 0.3) is 0 Å². The molecule has 1 aromatic rings. The van der Waals surface area contributed by atoms with E-state index in [0.29, 0.717) is 6.61 Å². The predicted octanol–water partition coefficient (Wildman–Crippen LogP) is 5.31. The van der Waals surface area contributed by atoms with Crippen molar-refractivity contribution < 1.29 is 9.84 Å². The van der Waals surface area contributed by atoms with Gasteiger partial charge in [-0.1, -0.05) is 64.7 Å². The lowest BCUT2D eigenvalue weighted by Gasteiger charge is -2.35. The van der Waals surface area contributed by atoms with Crippen LogP contribution in [-0.2, 0) is 4.74 Å². The van der Waals surface area contributed by atoms with Gasteiger partial charge in [0.05, 0.1) is 18.3 Å². The van der Waals surface area contributed by atoms with E-state index in [0.717, 1.165) is 62.7 Å². The number of anilines is 1. The number of ether oxygens (including phenoxy) is 1. The number of hydrogen-bond acceptors (Lipinski definition) is 3. The van der Waals surface area contributed by atoms with Crippen molar-refractivity contribution in [3.05, 3.63) is 29.8 Å². The summed E-state index contributed by atoms with van der Waals surface area (Å²) in [7, 11) is 0. The lowest BCUT2D eigenvalue weighted by molar-refractivity contribution is -0.0815. The Morgan fingerprint density at radius 3 is 2.50 bits per heavy atom. The number of nitrogens with one attached hydrogen (secondary N) is 1. The molecule has 24 heavy (non-hydrogen) atoms. The molecule has 1 aliphatic heterocycles. The van der Waals surface area contributed by atoms with Gasteiger partial charge in [-0.2, -0.15) is 0 Å². The Morgan fingerprint density at radius 2 is 1.83 bits per heavy atom. The smallest absolute Gasteiger partial charge is 0.0860 e. The quantitative estimate of drug-likeness (QED) is 0.710. The standard InChI is InChI=1S/C21H35NO2/c1-4-7-10-17-15-24-21(13-5-2,14-6-3)16-22-19-12-9-8-11-18(19)20(17)23/h8-9,11-12,17,20,22-23H,4-7,10,13-16H2,1-3H3. The average molecular weight is 334 g/mol. The minimum absolute atomic E-state index is 0.120. The number of rotatable bonds is 7. The van der Waals surface area contributed by atoms with E-state index in [9.17, 15) is 5.11 Å². The highest BCUT2D eigenvalue weighted by molar-refractivity contribution is 5.52. The fourth-order valence-electron chi connectivity index (χ4n) is 3.92.